The molecule has 3 saturated heterocycles. The molecule has 3 aliphatic heterocycles. The lowest BCUT2D eigenvalue weighted by Gasteiger charge is -2.61. The average molecular weight is 317 g/mol. The van der Waals surface area contributed by atoms with E-state index < -0.39 is 5.60 Å². The fourth-order valence-electron chi connectivity index (χ4n) is 9.29. The van der Waals surface area contributed by atoms with Crippen LogP contribution in [0.15, 0.2) is 0 Å². The van der Waals surface area contributed by atoms with Gasteiger partial charge in [-0.1, -0.05) is 12.8 Å². The smallest absolute Gasteiger partial charge is 0.0880 e. The first-order valence-electron chi connectivity index (χ1n) is 10.3. The molecule has 7 aliphatic rings. The predicted molar refractivity (Wildman–Crippen MR) is 87.8 cm³/mol. The summed E-state index contributed by atoms with van der Waals surface area (Å²) in [5.41, 5.74) is -0.557. The zero-order chi connectivity index (χ0) is 15.6. The van der Waals surface area contributed by atoms with Gasteiger partial charge in [0.05, 0.1) is 17.2 Å². The molecule has 6 bridgehead atoms. The molecule has 1 spiro atoms. The summed E-state index contributed by atoms with van der Waals surface area (Å²) in [6.07, 6.45) is 10.7. The maximum absolute atomic E-state index is 12.0. The first kappa shape index (κ1) is 14.1. The van der Waals surface area contributed by atoms with E-state index in [1.165, 1.54) is 44.9 Å². The van der Waals surface area contributed by atoms with Crippen molar-refractivity contribution in [3.05, 3.63) is 0 Å². The van der Waals surface area contributed by atoms with Crippen molar-refractivity contribution >= 4 is 0 Å². The van der Waals surface area contributed by atoms with E-state index in [-0.39, 0.29) is 11.6 Å². The number of aliphatic hydroxyl groups excluding tert-OH is 1. The topological polar surface area (TPSA) is 43.7 Å². The van der Waals surface area contributed by atoms with Crippen LogP contribution >= 0.6 is 0 Å². The Hall–Kier alpha value is -0.120. The molecule has 4 aliphatic carbocycles. The predicted octanol–water partition coefficient (Wildman–Crippen LogP) is 2.55. The standard InChI is InChI=1S/C20H31NO2/c1-11-6-7-15-16-8-12-9-20(15,23)19(21(11)16)10-17(22)13-4-2-3-5-14(13)18(12)19/h11-18,22-23H,2-10H2,1H3/t11-,12-,13+,14+,15+,16+,17+,18-,19?,20?/m0/s1. The highest BCUT2D eigenvalue weighted by Crippen LogP contribution is 2.75. The van der Waals surface area contributed by atoms with Gasteiger partial charge in [0, 0.05) is 18.0 Å². The van der Waals surface area contributed by atoms with E-state index in [0.717, 1.165) is 18.8 Å². The molecule has 3 heteroatoms. The van der Waals surface area contributed by atoms with Gasteiger partial charge in [0.2, 0.25) is 0 Å². The van der Waals surface area contributed by atoms with Crippen LogP contribution in [0.2, 0.25) is 0 Å². The molecule has 4 saturated carbocycles. The van der Waals surface area contributed by atoms with E-state index in [4.69, 9.17) is 0 Å². The zero-order valence-electron chi connectivity index (χ0n) is 14.3. The van der Waals surface area contributed by atoms with Gasteiger partial charge in [0.1, 0.15) is 0 Å². The van der Waals surface area contributed by atoms with Crippen molar-refractivity contribution in [1.29, 1.82) is 0 Å². The number of fused-ring (bicyclic) bond motifs is 1. The third-order valence-corrected chi connectivity index (χ3v) is 9.54. The van der Waals surface area contributed by atoms with Gasteiger partial charge in [-0.25, -0.2) is 0 Å². The number of hydrogen-bond donors (Lipinski definition) is 2. The van der Waals surface area contributed by atoms with Gasteiger partial charge in [-0.05, 0) is 75.5 Å². The first-order valence-corrected chi connectivity index (χ1v) is 10.3. The third-order valence-electron chi connectivity index (χ3n) is 9.54. The molecule has 7 fully saturated rings. The quantitative estimate of drug-likeness (QED) is 0.722. The summed E-state index contributed by atoms with van der Waals surface area (Å²) < 4.78 is 0. The summed E-state index contributed by atoms with van der Waals surface area (Å²) in [7, 11) is 0. The number of piperidine rings is 2. The van der Waals surface area contributed by atoms with Crippen LogP contribution in [0.3, 0.4) is 0 Å². The lowest BCUT2D eigenvalue weighted by atomic mass is 9.54. The molecule has 3 nitrogen and oxygen atoms in total. The Balaban J connectivity index is 1.54. The first-order chi connectivity index (χ1) is 11.1. The van der Waals surface area contributed by atoms with Crippen molar-refractivity contribution < 1.29 is 10.2 Å². The highest BCUT2D eigenvalue weighted by atomic mass is 16.3. The molecule has 0 aromatic carbocycles. The van der Waals surface area contributed by atoms with Crippen LogP contribution in [0, 0.1) is 29.6 Å². The molecule has 3 unspecified atom stereocenters. The van der Waals surface area contributed by atoms with Crippen molar-refractivity contribution in [2.75, 3.05) is 0 Å². The maximum Gasteiger partial charge on any atom is 0.0880 e. The van der Waals surface area contributed by atoms with E-state index in [1.54, 1.807) is 0 Å². The van der Waals surface area contributed by atoms with Crippen LogP contribution in [-0.4, -0.2) is 44.4 Å². The van der Waals surface area contributed by atoms with E-state index in [1.807, 2.05) is 0 Å². The molecule has 0 amide bonds. The lowest BCUT2D eigenvalue weighted by Crippen LogP contribution is -2.69. The lowest BCUT2D eigenvalue weighted by molar-refractivity contribution is -0.171. The van der Waals surface area contributed by atoms with Crippen molar-refractivity contribution in [1.82, 2.24) is 4.90 Å². The van der Waals surface area contributed by atoms with E-state index in [2.05, 4.69) is 11.8 Å². The highest BCUT2D eigenvalue weighted by molar-refractivity contribution is 5.34. The minimum absolute atomic E-state index is 0.0703. The summed E-state index contributed by atoms with van der Waals surface area (Å²) in [5, 5.41) is 23.0. The van der Waals surface area contributed by atoms with E-state index in [9.17, 15) is 10.2 Å². The van der Waals surface area contributed by atoms with Gasteiger partial charge in [-0.2, -0.15) is 0 Å². The Morgan fingerprint density at radius 1 is 1.00 bits per heavy atom. The van der Waals surface area contributed by atoms with E-state index in [0.29, 0.717) is 35.8 Å². The molecule has 2 N–H and O–H groups in total. The van der Waals surface area contributed by atoms with Gasteiger partial charge in [-0.3, -0.25) is 4.90 Å². The zero-order valence-corrected chi connectivity index (χ0v) is 14.3. The SMILES string of the molecule is C[C@H]1CC[C@@H]2[C@H]3C[C@H]4CC2(O)C2(C[C@@H](O)[C@@H]5CCCC[C@H]5[C@H]42)N31. The van der Waals surface area contributed by atoms with Crippen molar-refractivity contribution in [3.8, 4) is 0 Å². The molecule has 0 aromatic heterocycles. The van der Waals surface area contributed by atoms with Crippen LogP contribution in [-0.2, 0) is 0 Å². The molecular formula is C20H31NO2. The Kier molecular flexibility index (Phi) is 2.55. The van der Waals surface area contributed by atoms with Gasteiger partial charge in [-0.15, -0.1) is 0 Å². The summed E-state index contributed by atoms with van der Waals surface area (Å²) in [6.45, 7) is 2.39. The van der Waals surface area contributed by atoms with Crippen molar-refractivity contribution in [3.63, 3.8) is 0 Å². The summed E-state index contributed by atoms with van der Waals surface area (Å²) >= 11 is 0. The summed E-state index contributed by atoms with van der Waals surface area (Å²) in [5.74, 6) is 3.10. The maximum atomic E-state index is 12.0. The van der Waals surface area contributed by atoms with Crippen LogP contribution in [0.5, 0.6) is 0 Å². The minimum atomic E-state index is -0.487. The number of nitrogens with zero attached hydrogens (tertiary/aromatic N) is 1. The second kappa shape index (κ2) is 4.16. The van der Waals surface area contributed by atoms with Crippen LogP contribution in [0.1, 0.15) is 64.7 Å². The van der Waals surface area contributed by atoms with Crippen LogP contribution in [0.25, 0.3) is 0 Å². The molecule has 0 radical (unpaired) electrons. The largest absolute Gasteiger partial charge is 0.393 e. The molecule has 23 heavy (non-hydrogen) atoms. The Bertz CT molecular complexity index is 552. The normalized spacial score (nSPS) is 68.7. The average Bonchev–Trinajstić information content (AvgIpc) is 2.75. The van der Waals surface area contributed by atoms with Crippen molar-refractivity contribution in [2.24, 2.45) is 29.6 Å². The summed E-state index contributed by atoms with van der Waals surface area (Å²) in [4.78, 5) is 2.78. The van der Waals surface area contributed by atoms with Crippen LogP contribution in [0.4, 0.5) is 0 Å². The second-order valence-electron chi connectivity index (χ2n) is 9.97. The fraction of sp³-hybridized carbons (Fsp3) is 1.00. The number of rotatable bonds is 0. The van der Waals surface area contributed by atoms with Crippen molar-refractivity contribution in [2.45, 2.75) is 94.0 Å². The molecule has 0 aromatic rings. The molecule has 11 atom stereocenters. The van der Waals surface area contributed by atoms with Gasteiger partial charge in [0.15, 0.2) is 0 Å². The molecule has 7 rings (SSSR count). The van der Waals surface area contributed by atoms with Gasteiger partial charge >= 0.3 is 0 Å². The molecule has 3 heterocycles. The van der Waals surface area contributed by atoms with Gasteiger partial charge < -0.3 is 10.2 Å². The minimum Gasteiger partial charge on any atom is -0.393 e. The number of hydrogen-bond acceptors (Lipinski definition) is 3. The second-order valence-corrected chi connectivity index (χ2v) is 9.97. The van der Waals surface area contributed by atoms with Gasteiger partial charge in [0.25, 0.3) is 0 Å². The summed E-state index contributed by atoms with van der Waals surface area (Å²) in [6, 6.07) is 1.21. The highest BCUT2D eigenvalue weighted by Gasteiger charge is 2.82. The Morgan fingerprint density at radius 2 is 1.78 bits per heavy atom. The molecular weight excluding hydrogens is 286 g/mol. The fourth-order valence-corrected chi connectivity index (χ4v) is 9.29. The Morgan fingerprint density at radius 3 is 2.61 bits per heavy atom. The third kappa shape index (κ3) is 1.32. The Labute approximate surface area is 139 Å². The monoisotopic (exact) mass is 317 g/mol. The van der Waals surface area contributed by atoms with E-state index >= 15 is 0 Å². The molecule has 128 valence electrons. The van der Waals surface area contributed by atoms with Crippen LogP contribution < -0.4 is 0 Å². The number of aliphatic hydroxyl groups is 2.